The first kappa shape index (κ1) is 25.0. The number of alkyl halides is 3. The van der Waals surface area contributed by atoms with E-state index < -0.39 is 11.9 Å². The Balaban J connectivity index is 1.38. The van der Waals surface area contributed by atoms with Crippen molar-refractivity contribution in [3.05, 3.63) is 89.2 Å². The molecule has 0 unspecified atom stereocenters. The third kappa shape index (κ3) is 5.36. The van der Waals surface area contributed by atoms with Crippen LogP contribution in [0.2, 0.25) is 0 Å². The molecule has 1 saturated heterocycles. The zero-order chi connectivity index (χ0) is 26.2. The second-order valence-corrected chi connectivity index (χ2v) is 9.65. The number of fused-ring (bicyclic) bond motifs is 1. The molecule has 6 nitrogen and oxygen atoms in total. The first-order valence-corrected chi connectivity index (χ1v) is 12.3. The van der Waals surface area contributed by atoms with Gasteiger partial charge < -0.3 is 4.90 Å². The summed E-state index contributed by atoms with van der Waals surface area (Å²) in [7, 11) is 0. The zero-order valence-electron chi connectivity index (χ0n) is 20.7. The van der Waals surface area contributed by atoms with Crippen LogP contribution in [0.15, 0.2) is 66.7 Å². The maximum absolute atomic E-state index is 14.0. The van der Waals surface area contributed by atoms with Crippen molar-refractivity contribution in [2.24, 2.45) is 0 Å². The number of nitrogens with zero attached hydrogens (tertiary/aromatic N) is 5. The molecule has 1 aliphatic heterocycles. The Morgan fingerprint density at radius 3 is 2.24 bits per heavy atom. The molecule has 2 aromatic carbocycles. The average molecular weight is 508 g/mol. The molecular weight excluding hydrogens is 479 g/mol. The van der Waals surface area contributed by atoms with Gasteiger partial charge in [-0.1, -0.05) is 68.4 Å². The fraction of sp³-hybridized carbons (Fsp3) is 0.321. The minimum Gasteiger partial charge on any atom is -0.335 e. The van der Waals surface area contributed by atoms with Crippen LogP contribution >= 0.6 is 0 Å². The van der Waals surface area contributed by atoms with Gasteiger partial charge in [-0.25, -0.2) is 9.50 Å². The summed E-state index contributed by atoms with van der Waals surface area (Å²) in [5.41, 5.74) is 2.02. The highest BCUT2D eigenvalue weighted by Crippen LogP contribution is 2.33. The number of aromatic nitrogens is 3. The van der Waals surface area contributed by atoms with Crippen LogP contribution in [-0.4, -0.2) is 56.5 Å². The van der Waals surface area contributed by atoms with Gasteiger partial charge in [-0.05, 0) is 23.1 Å². The van der Waals surface area contributed by atoms with Crippen LogP contribution < -0.4 is 0 Å². The minimum atomic E-state index is -4.66. The lowest BCUT2D eigenvalue weighted by Gasteiger charge is -2.34. The molecule has 0 spiro atoms. The molecule has 0 bridgehead atoms. The Labute approximate surface area is 213 Å². The van der Waals surface area contributed by atoms with Crippen molar-refractivity contribution in [2.75, 3.05) is 26.2 Å². The highest BCUT2D eigenvalue weighted by Gasteiger charge is 2.36. The highest BCUT2D eigenvalue weighted by molar-refractivity contribution is 5.93. The van der Waals surface area contributed by atoms with E-state index in [0.717, 1.165) is 22.7 Å². The second-order valence-electron chi connectivity index (χ2n) is 9.65. The van der Waals surface area contributed by atoms with Crippen molar-refractivity contribution in [1.82, 2.24) is 24.4 Å². The standard InChI is InChI=1S/C28H28F3N5O/c1-19(2)21-8-10-22(11-9-21)23-16-25(28(29,30)31)36-26(32-23)17-24(33-36)27(37)35-14-12-34(13-15-35)18-20-6-4-3-5-7-20/h3-11,16-17,19H,12-15,18H2,1-2H3. The van der Waals surface area contributed by atoms with Crippen LogP contribution in [0.5, 0.6) is 0 Å². The predicted molar refractivity (Wildman–Crippen MR) is 135 cm³/mol. The molecule has 192 valence electrons. The lowest BCUT2D eigenvalue weighted by Crippen LogP contribution is -2.48. The molecule has 5 rings (SSSR count). The van der Waals surface area contributed by atoms with Gasteiger partial charge in [0.25, 0.3) is 5.91 Å². The monoisotopic (exact) mass is 507 g/mol. The third-order valence-corrected chi connectivity index (χ3v) is 6.72. The van der Waals surface area contributed by atoms with Crippen molar-refractivity contribution in [3.8, 4) is 11.3 Å². The molecule has 2 aromatic heterocycles. The number of amides is 1. The van der Waals surface area contributed by atoms with Gasteiger partial charge in [0.2, 0.25) is 0 Å². The van der Waals surface area contributed by atoms with Gasteiger partial charge >= 0.3 is 6.18 Å². The van der Waals surface area contributed by atoms with Crippen LogP contribution in [-0.2, 0) is 12.7 Å². The summed E-state index contributed by atoms with van der Waals surface area (Å²) >= 11 is 0. The predicted octanol–water partition coefficient (Wildman–Crippen LogP) is 5.50. The zero-order valence-corrected chi connectivity index (χ0v) is 20.7. The van der Waals surface area contributed by atoms with Crippen LogP contribution in [0.4, 0.5) is 13.2 Å². The lowest BCUT2D eigenvalue weighted by molar-refractivity contribution is -0.142. The number of carbonyl (C=O) groups excluding carboxylic acids is 1. The summed E-state index contributed by atoms with van der Waals surface area (Å²) in [4.78, 5) is 21.5. The molecule has 1 aliphatic rings. The van der Waals surface area contributed by atoms with Crippen molar-refractivity contribution >= 4 is 11.6 Å². The van der Waals surface area contributed by atoms with Crippen molar-refractivity contribution in [1.29, 1.82) is 0 Å². The molecule has 9 heteroatoms. The van der Waals surface area contributed by atoms with Crippen molar-refractivity contribution in [2.45, 2.75) is 32.5 Å². The molecule has 0 atom stereocenters. The first-order valence-electron chi connectivity index (χ1n) is 12.3. The van der Waals surface area contributed by atoms with E-state index in [-0.39, 0.29) is 22.9 Å². The molecule has 0 aliphatic carbocycles. The number of halogens is 3. The van der Waals surface area contributed by atoms with E-state index in [1.807, 2.05) is 30.3 Å². The van der Waals surface area contributed by atoms with Gasteiger partial charge in [0, 0.05) is 44.4 Å². The Kier molecular flexibility index (Phi) is 6.72. The fourth-order valence-corrected chi connectivity index (χ4v) is 4.58. The van der Waals surface area contributed by atoms with Gasteiger partial charge in [-0.15, -0.1) is 0 Å². The van der Waals surface area contributed by atoms with E-state index in [1.54, 1.807) is 17.0 Å². The van der Waals surface area contributed by atoms with Gasteiger partial charge in [0.15, 0.2) is 17.0 Å². The summed E-state index contributed by atoms with van der Waals surface area (Å²) in [6.07, 6.45) is -4.66. The minimum absolute atomic E-state index is 0.0103. The molecule has 0 saturated carbocycles. The summed E-state index contributed by atoms with van der Waals surface area (Å²) in [6.45, 7) is 7.20. The summed E-state index contributed by atoms with van der Waals surface area (Å²) in [5.74, 6) is -0.0837. The maximum Gasteiger partial charge on any atom is 0.433 e. The number of hydrogen-bond acceptors (Lipinski definition) is 4. The number of benzene rings is 2. The maximum atomic E-state index is 14.0. The van der Waals surface area contributed by atoms with Crippen molar-refractivity contribution < 1.29 is 18.0 Å². The van der Waals surface area contributed by atoms with Gasteiger partial charge in [0.05, 0.1) is 5.69 Å². The molecule has 0 N–H and O–H groups in total. The number of hydrogen-bond donors (Lipinski definition) is 0. The average Bonchev–Trinajstić information content (AvgIpc) is 3.32. The summed E-state index contributed by atoms with van der Waals surface area (Å²) in [6, 6.07) is 19.7. The number of carbonyl (C=O) groups is 1. The smallest absolute Gasteiger partial charge is 0.335 e. The fourth-order valence-electron chi connectivity index (χ4n) is 4.58. The molecular formula is C28H28F3N5O. The van der Waals surface area contributed by atoms with E-state index >= 15 is 0 Å². The van der Waals surface area contributed by atoms with E-state index in [2.05, 4.69) is 41.0 Å². The van der Waals surface area contributed by atoms with Crippen LogP contribution in [0.3, 0.4) is 0 Å². The normalized spacial score (nSPS) is 15.0. The lowest BCUT2D eigenvalue weighted by atomic mass is 10.0. The van der Waals surface area contributed by atoms with E-state index in [0.29, 0.717) is 37.7 Å². The van der Waals surface area contributed by atoms with Gasteiger partial charge in [-0.3, -0.25) is 9.69 Å². The Morgan fingerprint density at radius 2 is 1.62 bits per heavy atom. The van der Waals surface area contributed by atoms with E-state index in [4.69, 9.17) is 0 Å². The largest absolute Gasteiger partial charge is 0.433 e. The van der Waals surface area contributed by atoms with Crippen LogP contribution in [0.25, 0.3) is 16.9 Å². The topological polar surface area (TPSA) is 53.7 Å². The molecule has 37 heavy (non-hydrogen) atoms. The number of rotatable bonds is 5. The van der Waals surface area contributed by atoms with Crippen LogP contribution in [0, 0.1) is 0 Å². The third-order valence-electron chi connectivity index (χ3n) is 6.72. The highest BCUT2D eigenvalue weighted by atomic mass is 19.4. The van der Waals surface area contributed by atoms with Crippen LogP contribution in [0.1, 0.15) is 47.1 Å². The summed E-state index contributed by atoms with van der Waals surface area (Å²) in [5, 5.41) is 4.04. The van der Waals surface area contributed by atoms with E-state index in [9.17, 15) is 18.0 Å². The summed E-state index contributed by atoms with van der Waals surface area (Å²) < 4.78 is 42.7. The molecule has 1 fully saturated rings. The second kappa shape index (κ2) is 9.97. The van der Waals surface area contributed by atoms with E-state index in [1.165, 1.54) is 11.6 Å². The molecule has 1 amide bonds. The van der Waals surface area contributed by atoms with Gasteiger partial charge in [-0.2, -0.15) is 18.3 Å². The molecule has 4 aromatic rings. The quantitative estimate of drug-likeness (QED) is 0.358. The Morgan fingerprint density at radius 1 is 0.946 bits per heavy atom. The van der Waals surface area contributed by atoms with Gasteiger partial charge in [0.1, 0.15) is 0 Å². The Hall–Kier alpha value is -3.72. The van der Waals surface area contributed by atoms with Crippen molar-refractivity contribution in [3.63, 3.8) is 0 Å². The first-order chi connectivity index (χ1) is 17.7. The molecule has 3 heterocycles. The SMILES string of the molecule is CC(C)c1ccc(-c2cc(C(F)(F)F)n3nc(C(=O)N4CCN(Cc5ccccc5)CC4)cc3n2)cc1. The Bertz CT molecular complexity index is 1390. The molecule has 0 radical (unpaired) electrons. The number of piperazine rings is 1.